The number of aromatic nitrogens is 1. The molecule has 4 amide bonds. The van der Waals surface area contributed by atoms with Crippen molar-refractivity contribution in [3.63, 3.8) is 0 Å². The lowest BCUT2D eigenvalue weighted by molar-refractivity contribution is -0.143. The van der Waals surface area contributed by atoms with Crippen LogP contribution in [0.2, 0.25) is 0 Å². The molecular formula is C41H37FN4O9. The molecular weight excluding hydrogens is 711 g/mol. The second kappa shape index (κ2) is 17.3. The molecule has 0 bridgehead atoms. The molecule has 1 N–H and O–H groups in total. The van der Waals surface area contributed by atoms with Crippen molar-refractivity contribution in [3.05, 3.63) is 137 Å². The van der Waals surface area contributed by atoms with E-state index in [-0.39, 0.29) is 59.8 Å². The SMILES string of the molecule is CCOC(=O)CNC(=O)N(CC(=O)OCC)C(=O)Oc1c2c(c(OC(c3ccccc3)c3ccccc3)c3ncccc13)C(=O)N(Cc1ccc(F)cc1)C2. The molecule has 1 aliphatic rings. The summed E-state index contributed by atoms with van der Waals surface area (Å²) in [6.45, 7) is 1.71. The zero-order chi connectivity index (χ0) is 38.9. The summed E-state index contributed by atoms with van der Waals surface area (Å²) in [4.78, 5) is 72.8. The highest BCUT2D eigenvalue weighted by atomic mass is 19.1. The number of nitrogens with zero attached hydrogens (tertiary/aromatic N) is 3. The third kappa shape index (κ3) is 8.70. The lowest BCUT2D eigenvalue weighted by Crippen LogP contribution is -2.49. The zero-order valence-electron chi connectivity index (χ0n) is 30.0. The van der Waals surface area contributed by atoms with Gasteiger partial charge in [0, 0.05) is 23.7 Å². The maximum atomic E-state index is 14.5. The highest BCUT2D eigenvalue weighted by Crippen LogP contribution is 2.46. The first-order chi connectivity index (χ1) is 26.7. The van der Waals surface area contributed by atoms with Crippen molar-refractivity contribution < 1.29 is 47.3 Å². The van der Waals surface area contributed by atoms with E-state index in [2.05, 4.69) is 10.3 Å². The monoisotopic (exact) mass is 748 g/mol. The van der Waals surface area contributed by atoms with E-state index in [4.69, 9.17) is 18.9 Å². The smallest absolute Gasteiger partial charge is 0.424 e. The van der Waals surface area contributed by atoms with E-state index in [0.29, 0.717) is 10.5 Å². The Morgan fingerprint density at radius 1 is 0.836 bits per heavy atom. The van der Waals surface area contributed by atoms with Gasteiger partial charge in [0.25, 0.3) is 5.91 Å². The van der Waals surface area contributed by atoms with Gasteiger partial charge in [0.05, 0.1) is 25.3 Å². The molecule has 4 aromatic carbocycles. The van der Waals surface area contributed by atoms with Crippen LogP contribution in [-0.4, -0.2) is 71.1 Å². The predicted molar refractivity (Wildman–Crippen MR) is 196 cm³/mol. The molecule has 55 heavy (non-hydrogen) atoms. The molecule has 5 aromatic rings. The number of benzene rings is 4. The van der Waals surface area contributed by atoms with Gasteiger partial charge in [-0.3, -0.25) is 19.4 Å². The van der Waals surface area contributed by atoms with E-state index >= 15 is 0 Å². The van der Waals surface area contributed by atoms with Crippen LogP contribution in [0.4, 0.5) is 14.0 Å². The standard InChI is InChI=1S/C41H37FN4O9/c1-3-52-32(47)22-44-40(50)46(25-33(48)53-4-2)41(51)55-37-30-16-11-21-43-35(30)38(54-36(27-12-7-5-8-13-27)28-14-9-6-10-15-28)34-31(37)24-45(39(34)49)23-26-17-19-29(42)20-18-26/h5-21,36H,3-4,22-25H2,1-2H3,(H,44,50). The first kappa shape index (κ1) is 37.9. The lowest BCUT2D eigenvalue weighted by Gasteiger charge is -2.24. The van der Waals surface area contributed by atoms with E-state index in [9.17, 15) is 28.4 Å². The van der Waals surface area contributed by atoms with Crippen molar-refractivity contribution >= 4 is 40.9 Å². The molecule has 0 aliphatic carbocycles. The Hall–Kier alpha value is -6.83. The number of imide groups is 1. The molecule has 0 saturated carbocycles. The molecule has 282 valence electrons. The summed E-state index contributed by atoms with van der Waals surface area (Å²) in [6, 6.07) is 26.7. The Kier molecular flexibility index (Phi) is 11.9. The first-order valence-electron chi connectivity index (χ1n) is 17.5. The number of pyridine rings is 1. The Labute approximate surface area is 315 Å². The minimum atomic E-state index is -1.30. The van der Waals surface area contributed by atoms with Gasteiger partial charge in [-0.25, -0.2) is 18.9 Å². The largest absolute Gasteiger partial charge is 0.478 e. The molecule has 13 nitrogen and oxygen atoms in total. The summed E-state index contributed by atoms with van der Waals surface area (Å²) in [7, 11) is 0. The molecule has 1 aromatic heterocycles. The fourth-order valence-corrected chi connectivity index (χ4v) is 6.12. The Morgan fingerprint density at radius 3 is 2.11 bits per heavy atom. The topological polar surface area (TPSA) is 154 Å². The summed E-state index contributed by atoms with van der Waals surface area (Å²) in [5, 5.41) is 2.53. The Balaban J connectivity index is 1.46. The number of carbonyl (C=O) groups excluding carboxylic acids is 5. The van der Waals surface area contributed by atoms with E-state index < -0.39 is 55.0 Å². The van der Waals surface area contributed by atoms with Crippen LogP contribution in [0.25, 0.3) is 10.9 Å². The number of hydrogen-bond donors (Lipinski definition) is 1. The maximum absolute atomic E-state index is 14.5. The van der Waals surface area contributed by atoms with Crippen LogP contribution in [0.15, 0.2) is 103 Å². The lowest BCUT2D eigenvalue weighted by atomic mass is 9.99. The summed E-state index contributed by atoms with van der Waals surface area (Å²) < 4.78 is 36.5. The van der Waals surface area contributed by atoms with Gasteiger partial charge in [0.2, 0.25) is 0 Å². The maximum Gasteiger partial charge on any atom is 0.424 e. The van der Waals surface area contributed by atoms with Crippen molar-refractivity contribution in [2.24, 2.45) is 0 Å². The number of fused-ring (bicyclic) bond motifs is 2. The zero-order valence-corrected chi connectivity index (χ0v) is 30.0. The van der Waals surface area contributed by atoms with Gasteiger partial charge in [0.15, 0.2) is 5.75 Å². The van der Waals surface area contributed by atoms with Gasteiger partial charge >= 0.3 is 24.1 Å². The highest BCUT2D eigenvalue weighted by Gasteiger charge is 2.39. The van der Waals surface area contributed by atoms with Crippen LogP contribution in [0.5, 0.6) is 11.5 Å². The third-order valence-electron chi connectivity index (χ3n) is 8.58. The molecule has 6 rings (SSSR count). The number of ether oxygens (including phenoxy) is 4. The Bertz CT molecular complexity index is 2160. The second-order valence-corrected chi connectivity index (χ2v) is 12.2. The van der Waals surface area contributed by atoms with Crippen LogP contribution >= 0.6 is 0 Å². The van der Waals surface area contributed by atoms with Crippen LogP contribution in [-0.2, 0) is 32.2 Å². The van der Waals surface area contributed by atoms with Gasteiger partial charge in [-0.1, -0.05) is 72.8 Å². The van der Waals surface area contributed by atoms with Crippen molar-refractivity contribution in [1.29, 1.82) is 0 Å². The number of nitrogens with one attached hydrogen (secondary N) is 1. The van der Waals surface area contributed by atoms with Crippen LogP contribution in [0.3, 0.4) is 0 Å². The average Bonchev–Trinajstić information content (AvgIpc) is 3.52. The van der Waals surface area contributed by atoms with Crippen molar-refractivity contribution in [1.82, 2.24) is 20.1 Å². The van der Waals surface area contributed by atoms with E-state index in [1.54, 1.807) is 38.1 Å². The van der Waals surface area contributed by atoms with Gasteiger partial charge < -0.3 is 29.2 Å². The fourth-order valence-electron chi connectivity index (χ4n) is 6.12. The Morgan fingerprint density at radius 2 is 1.47 bits per heavy atom. The third-order valence-corrected chi connectivity index (χ3v) is 8.58. The summed E-state index contributed by atoms with van der Waals surface area (Å²) in [5.41, 5.74) is 2.71. The molecule has 14 heteroatoms. The van der Waals surface area contributed by atoms with Gasteiger partial charge in [-0.15, -0.1) is 0 Å². The summed E-state index contributed by atoms with van der Waals surface area (Å²) >= 11 is 0. The number of esters is 2. The minimum absolute atomic E-state index is 0.0313. The van der Waals surface area contributed by atoms with Crippen molar-refractivity contribution in [2.45, 2.75) is 33.0 Å². The van der Waals surface area contributed by atoms with E-state index in [0.717, 1.165) is 11.1 Å². The van der Waals surface area contributed by atoms with Gasteiger partial charge in [-0.05, 0) is 54.8 Å². The van der Waals surface area contributed by atoms with Crippen LogP contribution in [0.1, 0.15) is 52.6 Å². The van der Waals surface area contributed by atoms with Gasteiger partial charge in [-0.2, -0.15) is 0 Å². The van der Waals surface area contributed by atoms with Crippen LogP contribution < -0.4 is 14.8 Å². The number of amides is 4. The number of halogens is 1. The molecule has 0 spiro atoms. The predicted octanol–water partition coefficient (Wildman–Crippen LogP) is 6.33. The van der Waals surface area contributed by atoms with E-state index in [1.165, 1.54) is 23.2 Å². The molecule has 0 fully saturated rings. The number of urea groups is 1. The molecule has 0 radical (unpaired) electrons. The second-order valence-electron chi connectivity index (χ2n) is 12.2. The molecule has 2 heterocycles. The minimum Gasteiger partial charge on any atom is -0.478 e. The summed E-state index contributed by atoms with van der Waals surface area (Å²) in [6.07, 6.45) is -0.503. The normalized spacial score (nSPS) is 11.9. The quantitative estimate of drug-likeness (QED) is 0.135. The number of hydrogen-bond acceptors (Lipinski definition) is 10. The van der Waals surface area contributed by atoms with Gasteiger partial charge in [0.1, 0.15) is 36.3 Å². The average molecular weight is 749 g/mol. The van der Waals surface area contributed by atoms with Crippen LogP contribution in [0, 0.1) is 5.82 Å². The number of rotatable bonds is 13. The number of carbonyl (C=O) groups is 5. The van der Waals surface area contributed by atoms with E-state index in [1.807, 2.05) is 60.7 Å². The molecule has 0 atom stereocenters. The molecule has 0 saturated heterocycles. The van der Waals surface area contributed by atoms with Crippen molar-refractivity contribution in [2.75, 3.05) is 26.3 Å². The highest BCUT2D eigenvalue weighted by molar-refractivity contribution is 6.09. The first-order valence-corrected chi connectivity index (χ1v) is 17.5. The molecule has 1 aliphatic heterocycles. The summed E-state index contributed by atoms with van der Waals surface area (Å²) in [5.74, 6) is -2.57. The van der Waals surface area contributed by atoms with Crippen molar-refractivity contribution in [3.8, 4) is 11.5 Å². The fraction of sp³-hybridized carbons (Fsp3) is 0.220. The molecule has 0 unspecified atom stereocenters.